The fourth-order valence-electron chi connectivity index (χ4n) is 3.09. The molecule has 3 aromatic rings. The van der Waals surface area contributed by atoms with Crippen LogP contribution in [0.1, 0.15) is 23.2 Å². The number of pyridine rings is 1. The minimum atomic E-state index is -0.0265. The maximum atomic E-state index is 12.2. The highest BCUT2D eigenvalue weighted by atomic mass is 16.1. The van der Waals surface area contributed by atoms with Gasteiger partial charge < -0.3 is 9.72 Å². The summed E-state index contributed by atoms with van der Waals surface area (Å²) in [5.74, 6) is -0.0265. The van der Waals surface area contributed by atoms with Gasteiger partial charge in [0.15, 0.2) is 0 Å². The third kappa shape index (κ3) is 2.48. The summed E-state index contributed by atoms with van der Waals surface area (Å²) in [6.45, 7) is 0. The SMILES string of the molecule is O=C(Cc1cn2ccccc2n1)Nc1ccc2c(c1)CCC2. The van der Waals surface area contributed by atoms with Crippen molar-refractivity contribution in [2.24, 2.45) is 0 Å². The number of nitrogens with zero attached hydrogens (tertiary/aromatic N) is 2. The molecule has 1 amide bonds. The summed E-state index contributed by atoms with van der Waals surface area (Å²) >= 11 is 0. The van der Waals surface area contributed by atoms with Crippen molar-refractivity contribution in [2.45, 2.75) is 25.7 Å². The van der Waals surface area contributed by atoms with Crippen molar-refractivity contribution in [1.29, 1.82) is 0 Å². The van der Waals surface area contributed by atoms with E-state index in [-0.39, 0.29) is 5.91 Å². The number of anilines is 1. The Labute approximate surface area is 128 Å². The van der Waals surface area contributed by atoms with Crippen molar-refractivity contribution in [2.75, 3.05) is 5.32 Å². The molecule has 2 heterocycles. The number of benzene rings is 1. The third-order valence-corrected chi connectivity index (χ3v) is 4.14. The Morgan fingerprint density at radius 2 is 2.09 bits per heavy atom. The Morgan fingerprint density at radius 1 is 1.18 bits per heavy atom. The molecule has 1 N–H and O–H groups in total. The summed E-state index contributed by atoms with van der Waals surface area (Å²) in [6, 6.07) is 12.0. The number of aryl methyl sites for hydroxylation is 2. The molecule has 0 atom stereocenters. The van der Waals surface area contributed by atoms with Gasteiger partial charge in [-0.15, -0.1) is 0 Å². The minimum Gasteiger partial charge on any atom is -0.326 e. The lowest BCUT2D eigenvalue weighted by molar-refractivity contribution is -0.115. The van der Waals surface area contributed by atoms with E-state index >= 15 is 0 Å². The maximum Gasteiger partial charge on any atom is 0.230 e. The summed E-state index contributed by atoms with van der Waals surface area (Å²) in [6.07, 6.45) is 7.62. The smallest absolute Gasteiger partial charge is 0.230 e. The van der Waals surface area contributed by atoms with Gasteiger partial charge in [0.1, 0.15) is 5.65 Å². The van der Waals surface area contributed by atoms with Crippen molar-refractivity contribution in [1.82, 2.24) is 9.38 Å². The minimum absolute atomic E-state index is 0.0265. The van der Waals surface area contributed by atoms with Crippen LogP contribution >= 0.6 is 0 Å². The van der Waals surface area contributed by atoms with Gasteiger partial charge in [-0.2, -0.15) is 0 Å². The number of carbonyl (C=O) groups is 1. The highest BCUT2D eigenvalue weighted by Gasteiger charge is 2.12. The molecule has 1 aromatic carbocycles. The Balaban J connectivity index is 1.48. The number of hydrogen-bond acceptors (Lipinski definition) is 2. The molecule has 110 valence electrons. The molecule has 2 aromatic heterocycles. The summed E-state index contributed by atoms with van der Waals surface area (Å²) in [5, 5.41) is 2.98. The molecular weight excluding hydrogens is 274 g/mol. The fraction of sp³-hybridized carbons (Fsp3) is 0.222. The van der Waals surface area contributed by atoms with Crippen LogP contribution in [-0.4, -0.2) is 15.3 Å². The van der Waals surface area contributed by atoms with Crippen molar-refractivity contribution < 1.29 is 4.79 Å². The summed E-state index contributed by atoms with van der Waals surface area (Å²) in [5.41, 5.74) is 5.31. The third-order valence-electron chi connectivity index (χ3n) is 4.14. The maximum absolute atomic E-state index is 12.2. The molecule has 0 bridgehead atoms. The van der Waals surface area contributed by atoms with Crippen LogP contribution in [0.25, 0.3) is 5.65 Å². The van der Waals surface area contributed by atoms with Crippen LogP contribution < -0.4 is 5.32 Å². The van der Waals surface area contributed by atoms with E-state index in [1.165, 1.54) is 17.5 Å². The van der Waals surface area contributed by atoms with Gasteiger partial charge in [-0.25, -0.2) is 4.98 Å². The molecule has 4 nitrogen and oxygen atoms in total. The average molecular weight is 291 g/mol. The van der Waals surface area contributed by atoms with Gasteiger partial charge in [-0.05, 0) is 54.7 Å². The fourth-order valence-corrected chi connectivity index (χ4v) is 3.09. The summed E-state index contributed by atoms with van der Waals surface area (Å²) in [7, 11) is 0. The second-order valence-electron chi connectivity index (χ2n) is 5.76. The molecule has 0 aliphatic heterocycles. The predicted molar refractivity (Wildman–Crippen MR) is 86.0 cm³/mol. The highest BCUT2D eigenvalue weighted by Crippen LogP contribution is 2.24. The molecule has 4 rings (SSSR count). The molecule has 0 spiro atoms. The van der Waals surface area contributed by atoms with Crippen molar-refractivity contribution in [3.8, 4) is 0 Å². The monoisotopic (exact) mass is 291 g/mol. The standard InChI is InChI=1S/C18H17N3O/c22-18(11-16-12-21-9-2-1-6-17(21)19-16)20-15-8-7-13-4-3-5-14(13)10-15/h1-2,6-10,12H,3-5,11H2,(H,20,22). The zero-order valence-electron chi connectivity index (χ0n) is 12.2. The van der Waals surface area contributed by atoms with Crippen LogP contribution in [0.2, 0.25) is 0 Å². The van der Waals surface area contributed by atoms with Gasteiger partial charge in [0, 0.05) is 18.1 Å². The molecule has 0 fully saturated rings. The molecular formula is C18H17N3O. The molecule has 0 radical (unpaired) electrons. The first kappa shape index (κ1) is 13.1. The topological polar surface area (TPSA) is 46.4 Å². The van der Waals surface area contributed by atoms with Gasteiger partial charge in [-0.1, -0.05) is 12.1 Å². The van der Waals surface area contributed by atoms with Crippen LogP contribution in [0.15, 0.2) is 48.8 Å². The molecule has 0 saturated carbocycles. The van der Waals surface area contributed by atoms with Crippen LogP contribution in [0, 0.1) is 0 Å². The summed E-state index contributed by atoms with van der Waals surface area (Å²) < 4.78 is 1.93. The van der Waals surface area contributed by atoms with Gasteiger partial charge in [0.2, 0.25) is 5.91 Å². The Bertz CT molecular complexity index is 817. The lowest BCUT2D eigenvalue weighted by atomic mass is 10.1. The van der Waals surface area contributed by atoms with Gasteiger partial charge in [0.25, 0.3) is 0 Å². The molecule has 1 aliphatic carbocycles. The Kier molecular flexibility index (Phi) is 3.15. The van der Waals surface area contributed by atoms with Crippen molar-refractivity contribution in [3.63, 3.8) is 0 Å². The number of aromatic nitrogens is 2. The number of hydrogen-bond donors (Lipinski definition) is 1. The van der Waals surface area contributed by atoms with E-state index in [0.29, 0.717) is 6.42 Å². The van der Waals surface area contributed by atoms with E-state index in [0.717, 1.165) is 29.9 Å². The van der Waals surface area contributed by atoms with Gasteiger partial charge in [-0.3, -0.25) is 4.79 Å². The second-order valence-corrected chi connectivity index (χ2v) is 5.76. The normalized spacial score (nSPS) is 13.3. The van der Waals surface area contributed by atoms with Crippen LogP contribution in [-0.2, 0) is 24.1 Å². The van der Waals surface area contributed by atoms with Crippen LogP contribution in [0.4, 0.5) is 5.69 Å². The zero-order valence-corrected chi connectivity index (χ0v) is 12.2. The first-order valence-electron chi connectivity index (χ1n) is 7.62. The number of amides is 1. The largest absolute Gasteiger partial charge is 0.326 e. The van der Waals surface area contributed by atoms with Crippen molar-refractivity contribution >= 4 is 17.2 Å². The van der Waals surface area contributed by atoms with Crippen molar-refractivity contribution in [3.05, 3.63) is 65.6 Å². The highest BCUT2D eigenvalue weighted by molar-refractivity contribution is 5.92. The van der Waals surface area contributed by atoms with Gasteiger partial charge in [0.05, 0.1) is 12.1 Å². The van der Waals surface area contributed by atoms with E-state index in [4.69, 9.17) is 0 Å². The molecule has 22 heavy (non-hydrogen) atoms. The van der Waals surface area contributed by atoms with Crippen LogP contribution in [0.3, 0.4) is 0 Å². The molecule has 0 unspecified atom stereocenters. The first-order valence-corrected chi connectivity index (χ1v) is 7.62. The lowest BCUT2D eigenvalue weighted by Gasteiger charge is -2.06. The van der Waals surface area contributed by atoms with E-state index in [1.54, 1.807) is 0 Å². The second kappa shape index (κ2) is 5.30. The average Bonchev–Trinajstić information content (AvgIpc) is 3.11. The van der Waals surface area contributed by atoms with Crippen LogP contribution in [0.5, 0.6) is 0 Å². The predicted octanol–water partition coefficient (Wildman–Crippen LogP) is 3.00. The number of rotatable bonds is 3. The molecule has 4 heteroatoms. The van der Waals surface area contributed by atoms with E-state index < -0.39 is 0 Å². The number of imidazole rings is 1. The first-order chi connectivity index (χ1) is 10.8. The van der Waals surface area contributed by atoms with E-state index in [2.05, 4.69) is 22.4 Å². The molecule has 1 aliphatic rings. The number of nitrogens with one attached hydrogen (secondary N) is 1. The molecule has 0 saturated heterocycles. The number of fused-ring (bicyclic) bond motifs is 2. The summed E-state index contributed by atoms with van der Waals surface area (Å²) in [4.78, 5) is 16.7. The Morgan fingerprint density at radius 3 is 3.00 bits per heavy atom. The quantitative estimate of drug-likeness (QED) is 0.806. The lowest BCUT2D eigenvalue weighted by Crippen LogP contribution is -2.14. The zero-order chi connectivity index (χ0) is 14.9. The van der Waals surface area contributed by atoms with E-state index in [1.807, 2.05) is 41.1 Å². The van der Waals surface area contributed by atoms with E-state index in [9.17, 15) is 4.79 Å². The number of carbonyl (C=O) groups excluding carboxylic acids is 1. The Hall–Kier alpha value is -2.62. The van der Waals surface area contributed by atoms with Gasteiger partial charge >= 0.3 is 0 Å².